The summed E-state index contributed by atoms with van der Waals surface area (Å²) in [6.07, 6.45) is -2.48. The van der Waals surface area contributed by atoms with Crippen molar-refractivity contribution in [3.05, 3.63) is 12.2 Å². The van der Waals surface area contributed by atoms with Gasteiger partial charge in [0.2, 0.25) is 0 Å². The van der Waals surface area contributed by atoms with Crippen LogP contribution < -0.4 is 0 Å². The van der Waals surface area contributed by atoms with Gasteiger partial charge in [0, 0.05) is 6.54 Å². The van der Waals surface area contributed by atoms with E-state index in [-0.39, 0.29) is 0 Å². The van der Waals surface area contributed by atoms with Crippen molar-refractivity contribution in [2.45, 2.75) is 12.6 Å². The van der Waals surface area contributed by atoms with E-state index in [9.17, 15) is 13.2 Å². The van der Waals surface area contributed by atoms with Gasteiger partial charge in [-0.2, -0.15) is 0 Å². The van der Waals surface area contributed by atoms with Gasteiger partial charge in [-0.25, -0.2) is 0 Å². The standard InChI is InChI=1S/C6H8F3NO/c1-10-4-2-3-5(10)11-6(7,8)9/h2-3,5H,4H2,1H3. The van der Waals surface area contributed by atoms with Crippen LogP contribution in [0.2, 0.25) is 0 Å². The van der Waals surface area contributed by atoms with Crippen LogP contribution in [-0.4, -0.2) is 31.1 Å². The highest BCUT2D eigenvalue weighted by Crippen LogP contribution is 2.22. The first-order valence-corrected chi connectivity index (χ1v) is 3.10. The fourth-order valence-corrected chi connectivity index (χ4v) is 0.861. The number of likely N-dealkylation sites (N-methyl/N-ethyl adjacent to an activating group) is 1. The highest BCUT2D eigenvalue weighted by atomic mass is 19.4. The van der Waals surface area contributed by atoms with Crippen LogP contribution in [0.1, 0.15) is 0 Å². The van der Waals surface area contributed by atoms with E-state index in [4.69, 9.17) is 0 Å². The molecule has 0 aromatic heterocycles. The molecule has 0 saturated heterocycles. The summed E-state index contributed by atoms with van der Waals surface area (Å²) >= 11 is 0. The highest BCUT2D eigenvalue weighted by molar-refractivity contribution is 4.98. The summed E-state index contributed by atoms with van der Waals surface area (Å²) in [6.45, 7) is 0.501. The normalized spacial score (nSPS) is 26.4. The van der Waals surface area contributed by atoms with Crippen molar-refractivity contribution in [3.8, 4) is 0 Å². The molecular formula is C6H8F3NO. The van der Waals surface area contributed by atoms with Crippen LogP contribution in [0.4, 0.5) is 13.2 Å². The third-order valence-corrected chi connectivity index (χ3v) is 1.38. The van der Waals surface area contributed by atoms with E-state index in [1.807, 2.05) is 0 Å². The number of hydrogen-bond acceptors (Lipinski definition) is 2. The molecule has 0 N–H and O–H groups in total. The first-order valence-electron chi connectivity index (χ1n) is 3.10. The maximum absolute atomic E-state index is 11.6. The van der Waals surface area contributed by atoms with E-state index in [2.05, 4.69) is 4.74 Å². The van der Waals surface area contributed by atoms with Gasteiger partial charge in [-0.15, -0.1) is 13.2 Å². The lowest BCUT2D eigenvalue weighted by Crippen LogP contribution is -2.33. The molecule has 0 bridgehead atoms. The molecule has 64 valence electrons. The van der Waals surface area contributed by atoms with Gasteiger partial charge in [0.1, 0.15) is 6.23 Å². The first-order chi connectivity index (χ1) is 4.99. The minimum absolute atomic E-state index is 0.501. The Morgan fingerprint density at radius 1 is 1.55 bits per heavy atom. The molecular weight excluding hydrogens is 159 g/mol. The van der Waals surface area contributed by atoms with Crippen LogP contribution in [0, 0.1) is 0 Å². The molecule has 0 saturated carbocycles. The molecule has 1 heterocycles. The minimum Gasteiger partial charge on any atom is -0.274 e. The van der Waals surface area contributed by atoms with Gasteiger partial charge < -0.3 is 0 Å². The molecule has 0 aromatic rings. The zero-order chi connectivity index (χ0) is 8.48. The molecule has 0 aromatic carbocycles. The molecule has 1 unspecified atom stereocenters. The second-order valence-electron chi connectivity index (χ2n) is 2.32. The average Bonchev–Trinajstić information content (AvgIpc) is 2.12. The zero-order valence-electron chi connectivity index (χ0n) is 5.93. The lowest BCUT2D eigenvalue weighted by Gasteiger charge is -2.20. The maximum Gasteiger partial charge on any atom is 0.524 e. The molecule has 1 rings (SSSR count). The summed E-state index contributed by atoms with van der Waals surface area (Å²) < 4.78 is 38.5. The molecule has 0 spiro atoms. The summed E-state index contributed by atoms with van der Waals surface area (Å²) in [6, 6.07) is 0. The van der Waals surface area contributed by atoms with Gasteiger partial charge in [-0.3, -0.25) is 9.64 Å². The lowest BCUT2D eigenvalue weighted by atomic mass is 10.5. The molecule has 2 nitrogen and oxygen atoms in total. The van der Waals surface area contributed by atoms with Crippen molar-refractivity contribution in [1.29, 1.82) is 0 Å². The fourth-order valence-electron chi connectivity index (χ4n) is 0.861. The van der Waals surface area contributed by atoms with Gasteiger partial charge in [-0.05, 0) is 13.1 Å². The van der Waals surface area contributed by atoms with E-state index in [1.54, 1.807) is 13.1 Å². The monoisotopic (exact) mass is 167 g/mol. The van der Waals surface area contributed by atoms with Gasteiger partial charge in [-0.1, -0.05) is 6.08 Å². The molecule has 5 heteroatoms. The lowest BCUT2D eigenvalue weighted by molar-refractivity contribution is -0.349. The van der Waals surface area contributed by atoms with Crippen LogP contribution in [0.15, 0.2) is 12.2 Å². The minimum atomic E-state index is -4.55. The number of rotatable bonds is 1. The van der Waals surface area contributed by atoms with Gasteiger partial charge in [0.15, 0.2) is 0 Å². The summed E-state index contributed by atoms with van der Waals surface area (Å²) in [5.74, 6) is 0. The van der Waals surface area contributed by atoms with Crippen molar-refractivity contribution in [1.82, 2.24) is 4.90 Å². The number of ether oxygens (including phenoxy) is 1. The molecule has 1 aliphatic heterocycles. The quantitative estimate of drug-likeness (QED) is 0.546. The summed E-state index contributed by atoms with van der Waals surface area (Å²) in [5, 5.41) is 0. The van der Waals surface area contributed by atoms with Crippen molar-refractivity contribution >= 4 is 0 Å². The molecule has 0 radical (unpaired) electrons. The average molecular weight is 167 g/mol. The van der Waals surface area contributed by atoms with Crippen LogP contribution in [0.25, 0.3) is 0 Å². The van der Waals surface area contributed by atoms with Crippen molar-refractivity contribution in [2.75, 3.05) is 13.6 Å². The highest BCUT2D eigenvalue weighted by Gasteiger charge is 2.35. The SMILES string of the molecule is CN1CC=CC1OC(F)(F)F. The summed E-state index contributed by atoms with van der Waals surface area (Å²) in [5.41, 5.74) is 0. The van der Waals surface area contributed by atoms with E-state index in [0.717, 1.165) is 0 Å². The third kappa shape index (κ3) is 2.51. The predicted molar refractivity (Wildman–Crippen MR) is 32.7 cm³/mol. The predicted octanol–water partition coefficient (Wildman–Crippen LogP) is 1.35. The Morgan fingerprint density at radius 2 is 2.18 bits per heavy atom. The molecule has 0 aliphatic carbocycles. The largest absolute Gasteiger partial charge is 0.524 e. The molecule has 0 fully saturated rings. The van der Waals surface area contributed by atoms with Gasteiger partial charge in [0.05, 0.1) is 0 Å². The second-order valence-corrected chi connectivity index (χ2v) is 2.32. The number of hydrogen-bond donors (Lipinski definition) is 0. The number of halogens is 3. The van der Waals surface area contributed by atoms with Crippen molar-refractivity contribution in [3.63, 3.8) is 0 Å². The molecule has 1 aliphatic rings. The number of alkyl halides is 3. The Hall–Kier alpha value is -0.550. The Balaban J connectivity index is 2.43. The van der Waals surface area contributed by atoms with Crippen LogP contribution in [0.3, 0.4) is 0 Å². The summed E-state index contributed by atoms with van der Waals surface area (Å²) in [7, 11) is 1.57. The Labute approximate surface area is 62.2 Å². The maximum atomic E-state index is 11.6. The molecule has 11 heavy (non-hydrogen) atoms. The van der Waals surface area contributed by atoms with E-state index >= 15 is 0 Å². The fraction of sp³-hybridized carbons (Fsp3) is 0.667. The van der Waals surface area contributed by atoms with E-state index < -0.39 is 12.6 Å². The second kappa shape index (κ2) is 2.83. The molecule has 0 amide bonds. The van der Waals surface area contributed by atoms with Crippen LogP contribution >= 0.6 is 0 Å². The third-order valence-electron chi connectivity index (χ3n) is 1.38. The number of nitrogens with zero attached hydrogens (tertiary/aromatic N) is 1. The van der Waals surface area contributed by atoms with Gasteiger partial charge >= 0.3 is 6.36 Å². The van der Waals surface area contributed by atoms with Gasteiger partial charge in [0.25, 0.3) is 0 Å². The summed E-state index contributed by atoms with van der Waals surface area (Å²) in [4.78, 5) is 1.45. The Kier molecular flexibility index (Phi) is 2.20. The van der Waals surface area contributed by atoms with Crippen LogP contribution in [0.5, 0.6) is 0 Å². The topological polar surface area (TPSA) is 12.5 Å². The first kappa shape index (κ1) is 8.55. The Bertz CT molecular complexity index is 166. The smallest absolute Gasteiger partial charge is 0.274 e. The van der Waals surface area contributed by atoms with Crippen molar-refractivity contribution in [2.24, 2.45) is 0 Å². The van der Waals surface area contributed by atoms with E-state index in [0.29, 0.717) is 6.54 Å². The zero-order valence-corrected chi connectivity index (χ0v) is 5.93. The van der Waals surface area contributed by atoms with Crippen LogP contribution in [-0.2, 0) is 4.74 Å². The Morgan fingerprint density at radius 3 is 2.55 bits per heavy atom. The van der Waals surface area contributed by atoms with Crippen molar-refractivity contribution < 1.29 is 17.9 Å². The van der Waals surface area contributed by atoms with E-state index in [1.165, 1.54) is 11.0 Å². The molecule has 1 atom stereocenters.